The number of nitrogens with two attached hydrogens (primary N) is 1. The Bertz CT molecular complexity index is 1020. The van der Waals surface area contributed by atoms with E-state index in [-0.39, 0.29) is 5.95 Å². The Morgan fingerprint density at radius 3 is 2.87 bits per heavy atom. The van der Waals surface area contributed by atoms with E-state index >= 15 is 0 Å². The average molecular weight is 461 g/mol. The fourth-order valence-electron chi connectivity index (χ4n) is 3.55. The molecule has 8 nitrogen and oxygen atoms in total. The predicted octanol–water partition coefficient (Wildman–Crippen LogP) is 3.19. The summed E-state index contributed by atoms with van der Waals surface area (Å²) in [7, 11) is 0. The molecule has 31 heavy (non-hydrogen) atoms. The van der Waals surface area contributed by atoms with Crippen LogP contribution in [-0.2, 0) is 23.3 Å². The largest absolute Gasteiger partial charge is 0.383 e. The molecule has 1 fully saturated rings. The molecule has 1 atom stereocenters. The Morgan fingerprint density at radius 2 is 2.13 bits per heavy atom. The van der Waals surface area contributed by atoms with Crippen molar-refractivity contribution in [2.24, 2.45) is 0 Å². The van der Waals surface area contributed by atoms with Crippen LogP contribution >= 0.6 is 22.9 Å². The number of nitrogens with zero attached hydrogens (tertiary/aromatic N) is 4. The first-order valence-electron chi connectivity index (χ1n) is 10.00. The van der Waals surface area contributed by atoms with Crippen LogP contribution in [0, 0.1) is 0 Å². The van der Waals surface area contributed by atoms with E-state index in [1.165, 1.54) is 17.5 Å². The van der Waals surface area contributed by atoms with Gasteiger partial charge in [0, 0.05) is 43.3 Å². The summed E-state index contributed by atoms with van der Waals surface area (Å²) in [6, 6.07) is 6.13. The summed E-state index contributed by atoms with van der Waals surface area (Å²) in [4.78, 5) is 14.8. The fraction of sp³-hybridized carbons (Fsp3) is 0.381. The van der Waals surface area contributed by atoms with Crippen LogP contribution in [0.2, 0.25) is 5.02 Å². The lowest BCUT2D eigenvalue weighted by Gasteiger charge is -2.28. The molecule has 164 valence electrons. The molecular weight excluding hydrogens is 436 g/mol. The van der Waals surface area contributed by atoms with Crippen molar-refractivity contribution in [3.05, 3.63) is 57.1 Å². The van der Waals surface area contributed by atoms with Crippen molar-refractivity contribution in [3.63, 3.8) is 0 Å². The Hall–Kier alpha value is -2.30. The maximum Gasteiger partial charge on any atom is 0.222 e. The third-order valence-corrected chi connectivity index (χ3v) is 6.43. The number of nitrogen functional groups attached to an aromatic ring is 1. The number of halogens is 1. The van der Waals surface area contributed by atoms with E-state index < -0.39 is 5.60 Å². The molecule has 0 radical (unpaired) electrons. The van der Waals surface area contributed by atoms with E-state index in [9.17, 15) is 5.11 Å². The summed E-state index contributed by atoms with van der Waals surface area (Å²) in [5.41, 5.74) is 7.61. The number of ether oxygens (including phenoxy) is 1. The highest BCUT2D eigenvalue weighted by atomic mass is 35.5. The molecular formula is C21H25ClN6O2S. The number of hydrogen-bond acceptors (Lipinski definition) is 9. The smallest absolute Gasteiger partial charge is 0.222 e. The van der Waals surface area contributed by atoms with E-state index in [0.717, 1.165) is 49.7 Å². The maximum absolute atomic E-state index is 11.0. The summed E-state index contributed by atoms with van der Waals surface area (Å²) in [6.07, 6.45) is 3.60. The molecule has 1 aliphatic rings. The summed E-state index contributed by atoms with van der Waals surface area (Å²) in [5, 5.41) is 17.2. The van der Waals surface area contributed by atoms with Gasteiger partial charge in [-0.2, -0.15) is 4.98 Å². The first kappa shape index (κ1) is 21.9. The molecule has 0 bridgehead atoms. The summed E-state index contributed by atoms with van der Waals surface area (Å²) in [6.45, 7) is 5.75. The van der Waals surface area contributed by atoms with Crippen molar-refractivity contribution in [2.75, 3.05) is 37.4 Å². The third-order valence-electron chi connectivity index (χ3n) is 5.13. The minimum absolute atomic E-state index is 0.143. The van der Waals surface area contributed by atoms with Crippen molar-refractivity contribution in [1.29, 1.82) is 0 Å². The number of thiazole rings is 1. The SMILES string of the molecule is CC(O)(Cc1ccc(CN2CCOCC2)c(Nc2nc(N)ncc2Cl)c1)c1nccs1. The first-order chi connectivity index (χ1) is 14.9. The van der Waals surface area contributed by atoms with E-state index in [4.69, 9.17) is 22.1 Å². The van der Waals surface area contributed by atoms with Crippen LogP contribution in [0.4, 0.5) is 17.5 Å². The minimum atomic E-state index is -1.06. The van der Waals surface area contributed by atoms with Gasteiger partial charge in [-0.25, -0.2) is 9.97 Å². The van der Waals surface area contributed by atoms with Crippen LogP contribution in [0.15, 0.2) is 36.0 Å². The van der Waals surface area contributed by atoms with Crippen LogP contribution < -0.4 is 11.1 Å². The van der Waals surface area contributed by atoms with Crippen LogP contribution in [-0.4, -0.2) is 51.3 Å². The maximum atomic E-state index is 11.0. The second-order valence-electron chi connectivity index (χ2n) is 7.72. The van der Waals surface area contributed by atoms with Crippen LogP contribution in [0.5, 0.6) is 0 Å². The highest BCUT2D eigenvalue weighted by Gasteiger charge is 2.27. The standard InChI is InChI=1S/C21H25ClN6O2S/c1-21(29,19-24-4-9-31-19)11-14-2-3-15(13-28-5-7-30-8-6-28)17(10-14)26-18-16(22)12-25-20(23)27-18/h2-4,9-10,12,29H,5-8,11,13H2,1H3,(H3,23,25,26,27). The third kappa shape index (κ3) is 5.50. The lowest BCUT2D eigenvalue weighted by Crippen LogP contribution is -2.35. The molecule has 0 amide bonds. The molecule has 4 rings (SSSR count). The number of morpholine rings is 1. The van der Waals surface area contributed by atoms with Gasteiger partial charge in [0.15, 0.2) is 5.82 Å². The molecule has 0 aliphatic carbocycles. The first-order valence-corrected chi connectivity index (χ1v) is 11.3. The summed E-state index contributed by atoms with van der Waals surface area (Å²) < 4.78 is 5.46. The van der Waals surface area contributed by atoms with Gasteiger partial charge < -0.3 is 20.9 Å². The van der Waals surface area contributed by atoms with E-state index in [1.54, 1.807) is 13.1 Å². The number of rotatable bonds is 7. The summed E-state index contributed by atoms with van der Waals surface area (Å²) >= 11 is 7.73. The Balaban J connectivity index is 1.63. The molecule has 3 heterocycles. The van der Waals surface area contributed by atoms with E-state index in [1.807, 2.05) is 17.5 Å². The van der Waals surface area contributed by atoms with Gasteiger partial charge >= 0.3 is 0 Å². The Morgan fingerprint density at radius 1 is 1.32 bits per heavy atom. The van der Waals surface area contributed by atoms with Crippen LogP contribution in [0.3, 0.4) is 0 Å². The second-order valence-corrected chi connectivity index (χ2v) is 9.02. The molecule has 1 aliphatic heterocycles. The molecule has 1 saturated heterocycles. The van der Waals surface area contributed by atoms with Crippen molar-refractivity contribution in [3.8, 4) is 0 Å². The van der Waals surface area contributed by atoms with Gasteiger partial charge in [0.1, 0.15) is 15.6 Å². The zero-order chi connectivity index (χ0) is 21.8. The van der Waals surface area contributed by atoms with Gasteiger partial charge in [-0.05, 0) is 24.1 Å². The Labute approximate surface area is 190 Å². The zero-order valence-corrected chi connectivity index (χ0v) is 18.8. The molecule has 0 saturated carbocycles. The highest BCUT2D eigenvalue weighted by Crippen LogP contribution is 2.31. The molecule has 10 heteroatoms. The zero-order valence-electron chi connectivity index (χ0n) is 17.2. The lowest BCUT2D eigenvalue weighted by atomic mass is 9.95. The number of anilines is 3. The van der Waals surface area contributed by atoms with E-state index in [0.29, 0.717) is 22.3 Å². The quantitative estimate of drug-likeness (QED) is 0.493. The van der Waals surface area contributed by atoms with Crippen molar-refractivity contribution < 1.29 is 9.84 Å². The van der Waals surface area contributed by atoms with Crippen molar-refractivity contribution in [2.45, 2.75) is 25.5 Å². The van der Waals surface area contributed by atoms with Gasteiger partial charge in [-0.15, -0.1) is 11.3 Å². The average Bonchev–Trinajstić information content (AvgIpc) is 3.29. The lowest BCUT2D eigenvalue weighted by molar-refractivity contribution is 0.0342. The second kappa shape index (κ2) is 9.46. The van der Waals surface area contributed by atoms with Crippen molar-refractivity contribution in [1.82, 2.24) is 19.9 Å². The molecule has 2 aromatic heterocycles. The van der Waals surface area contributed by atoms with Gasteiger partial charge in [-0.1, -0.05) is 23.7 Å². The number of benzene rings is 1. The number of nitrogens with one attached hydrogen (secondary N) is 1. The monoisotopic (exact) mass is 460 g/mol. The van der Waals surface area contributed by atoms with Crippen molar-refractivity contribution >= 4 is 40.4 Å². The minimum Gasteiger partial charge on any atom is -0.383 e. The molecule has 1 aromatic carbocycles. The van der Waals surface area contributed by atoms with Gasteiger partial charge in [0.25, 0.3) is 0 Å². The molecule has 4 N–H and O–H groups in total. The Kier molecular flexibility index (Phi) is 6.68. The van der Waals surface area contributed by atoms with Gasteiger partial charge in [0.05, 0.1) is 19.4 Å². The number of aliphatic hydroxyl groups is 1. The van der Waals surface area contributed by atoms with Gasteiger partial charge in [0.2, 0.25) is 5.95 Å². The van der Waals surface area contributed by atoms with Crippen LogP contribution in [0.1, 0.15) is 23.1 Å². The molecule has 3 aromatic rings. The van der Waals surface area contributed by atoms with E-state index in [2.05, 4.69) is 31.2 Å². The van der Waals surface area contributed by atoms with Gasteiger partial charge in [-0.3, -0.25) is 4.90 Å². The highest BCUT2D eigenvalue weighted by molar-refractivity contribution is 7.09. The number of aromatic nitrogens is 3. The van der Waals surface area contributed by atoms with Crippen LogP contribution in [0.25, 0.3) is 0 Å². The molecule has 1 unspecified atom stereocenters. The topological polar surface area (TPSA) is 109 Å². The normalized spacial score (nSPS) is 16.7. The fourth-order valence-corrected chi connectivity index (χ4v) is 4.38. The molecule has 0 spiro atoms. The number of hydrogen-bond donors (Lipinski definition) is 3. The predicted molar refractivity (Wildman–Crippen MR) is 123 cm³/mol. The summed E-state index contributed by atoms with van der Waals surface area (Å²) in [5.74, 6) is 0.589.